The number of nitrogens with one attached hydrogen (secondary N) is 3. The van der Waals surface area contributed by atoms with E-state index in [1.807, 2.05) is 24.3 Å². The van der Waals surface area contributed by atoms with Crippen LogP contribution in [0.5, 0.6) is 0 Å². The fraction of sp³-hybridized carbons (Fsp3) is 0.176. The fourth-order valence-electron chi connectivity index (χ4n) is 2.74. The van der Waals surface area contributed by atoms with Gasteiger partial charge >= 0.3 is 0 Å². The maximum Gasteiger partial charge on any atom is 0.233 e. The van der Waals surface area contributed by atoms with Gasteiger partial charge in [-0.05, 0) is 29.3 Å². The molecule has 0 fully saturated rings. The van der Waals surface area contributed by atoms with Crippen LogP contribution in [-0.4, -0.2) is 18.7 Å². The van der Waals surface area contributed by atoms with Gasteiger partial charge in [-0.2, -0.15) is 0 Å². The zero-order chi connectivity index (χ0) is 15.5. The van der Waals surface area contributed by atoms with E-state index in [9.17, 15) is 4.79 Å². The number of anilines is 2. The highest BCUT2D eigenvalue weighted by Crippen LogP contribution is 2.25. The van der Waals surface area contributed by atoms with E-state index in [0.717, 1.165) is 17.7 Å². The Kier molecular flexibility index (Phi) is 3.89. The van der Waals surface area contributed by atoms with E-state index in [2.05, 4.69) is 10.6 Å². The first-order chi connectivity index (χ1) is 10.7. The van der Waals surface area contributed by atoms with Crippen LogP contribution in [0.3, 0.4) is 0 Å². The smallest absolute Gasteiger partial charge is 0.233 e. The number of fused-ring (bicyclic) bond motifs is 1. The summed E-state index contributed by atoms with van der Waals surface area (Å²) in [6, 6.07) is 13.1. The Labute approximate surface area is 129 Å². The van der Waals surface area contributed by atoms with Gasteiger partial charge in [-0.1, -0.05) is 24.3 Å². The van der Waals surface area contributed by atoms with E-state index in [-0.39, 0.29) is 11.8 Å². The molecule has 112 valence electrons. The van der Waals surface area contributed by atoms with E-state index >= 15 is 0 Å². The summed E-state index contributed by atoms with van der Waals surface area (Å²) >= 11 is 0. The zero-order valence-corrected chi connectivity index (χ0v) is 12.1. The van der Waals surface area contributed by atoms with Crippen molar-refractivity contribution >= 4 is 23.5 Å². The lowest BCUT2D eigenvalue weighted by atomic mass is 9.90. The van der Waals surface area contributed by atoms with Crippen LogP contribution < -0.4 is 16.4 Å². The predicted octanol–water partition coefficient (Wildman–Crippen LogP) is 2.09. The molecule has 1 heterocycles. The van der Waals surface area contributed by atoms with Crippen LogP contribution >= 0.6 is 0 Å². The van der Waals surface area contributed by atoms with E-state index in [4.69, 9.17) is 11.1 Å². The molecule has 0 saturated heterocycles. The third-order valence-corrected chi connectivity index (χ3v) is 3.92. The van der Waals surface area contributed by atoms with Gasteiger partial charge in [0, 0.05) is 36.2 Å². The molecule has 0 saturated carbocycles. The quantitative estimate of drug-likeness (QED) is 0.516. The molecule has 1 aliphatic heterocycles. The maximum atomic E-state index is 12.6. The molecule has 3 rings (SSSR count). The van der Waals surface area contributed by atoms with Gasteiger partial charge in [0.2, 0.25) is 5.91 Å². The third kappa shape index (κ3) is 2.71. The molecular weight excluding hydrogens is 276 g/mol. The monoisotopic (exact) mass is 294 g/mol. The number of benzene rings is 2. The molecule has 0 aliphatic carbocycles. The summed E-state index contributed by atoms with van der Waals surface area (Å²) in [5, 5.41) is 13.5. The van der Waals surface area contributed by atoms with Crippen molar-refractivity contribution in [2.24, 2.45) is 0 Å². The molecule has 2 aromatic rings. The molecule has 5 heteroatoms. The Balaban J connectivity index is 1.82. The summed E-state index contributed by atoms with van der Waals surface area (Å²) in [4.78, 5) is 12.6. The Morgan fingerprint density at radius 1 is 1.32 bits per heavy atom. The van der Waals surface area contributed by atoms with Gasteiger partial charge in [0.05, 0.1) is 5.92 Å². The van der Waals surface area contributed by atoms with Gasteiger partial charge in [0.1, 0.15) is 0 Å². The molecule has 2 aromatic carbocycles. The average molecular weight is 294 g/mol. The molecule has 22 heavy (non-hydrogen) atoms. The average Bonchev–Trinajstić information content (AvgIpc) is 2.56. The van der Waals surface area contributed by atoms with E-state index in [1.165, 1.54) is 6.21 Å². The standard InChI is InChI=1S/C17H18N4O/c18-8-12-7-13(5-6-16(12)19)21-17(22)15-10-20-9-11-3-1-2-4-14(11)15/h1-8,15,18,20H,9-10,19H2,(H,21,22). The van der Waals surface area contributed by atoms with Crippen molar-refractivity contribution in [3.63, 3.8) is 0 Å². The second kappa shape index (κ2) is 5.99. The molecule has 1 amide bonds. The van der Waals surface area contributed by atoms with Crippen LogP contribution in [-0.2, 0) is 11.3 Å². The first-order valence-electron chi connectivity index (χ1n) is 7.18. The van der Waals surface area contributed by atoms with E-state index in [1.54, 1.807) is 18.2 Å². The number of hydrogen-bond acceptors (Lipinski definition) is 4. The second-order valence-electron chi connectivity index (χ2n) is 5.36. The highest BCUT2D eigenvalue weighted by atomic mass is 16.1. The van der Waals surface area contributed by atoms with E-state index in [0.29, 0.717) is 23.5 Å². The van der Waals surface area contributed by atoms with Gasteiger partial charge in [-0.3, -0.25) is 4.79 Å². The van der Waals surface area contributed by atoms with Crippen molar-refractivity contribution in [1.29, 1.82) is 5.41 Å². The van der Waals surface area contributed by atoms with Crippen molar-refractivity contribution in [2.45, 2.75) is 12.5 Å². The third-order valence-electron chi connectivity index (χ3n) is 3.92. The Hall–Kier alpha value is -2.66. The molecular formula is C17H18N4O. The minimum absolute atomic E-state index is 0.0552. The molecule has 1 atom stereocenters. The minimum atomic E-state index is -0.217. The highest BCUT2D eigenvalue weighted by molar-refractivity contribution is 5.98. The summed E-state index contributed by atoms with van der Waals surface area (Å²) in [6.07, 6.45) is 1.18. The number of nitrogens with two attached hydrogens (primary N) is 1. The number of hydrogen-bond donors (Lipinski definition) is 4. The molecule has 1 aliphatic rings. The molecule has 1 unspecified atom stereocenters. The number of carbonyl (C=O) groups is 1. The number of carbonyl (C=O) groups excluding carboxylic acids is 1. The molecule has 0 aromatic heterocycles. The number of nitrogen functional groups attached to an aromatic ring is 1. The first kappa shape index (κ1) is 14.3. The van der Waals surface area contributed by atoms with Crippen molar-refractivity contribution in [1.82, 2.24) is 5.32 Å². The lowest BCUT2D eigenvalue weighted by Crippen LogP contribution is -2.35. The molecule has 0 bridgehead atoms. The second-order valence-corrected chi connectivity index (χ2v) is 5.36. The summed E-state index contributed by atoms with van der Waals surface area (Å²) in [7, 11) is 0. The van der Waals surface area contributed by atoms with Crippen LogP contribution in [0.1, 0.15) is 22.6 Å². The highest BCUT2D eigenvalue weighted by Gasteiger charge is 2.26. The summed E-state index contributed by atoms with van der Waals surface area (Å²) in [5.74, 6) is -0.272. The van der Waals surface area contributed by atoms with E-state index < -0.39 is 0 Å². The van der Waals surface area contributed by atoms with Crippen molar-refractivity contribution in [3.05, 3.63) is 59.2 Å². The lowest BCUT2D eigenvalue weighted by molar-refractivity contribution is -0.117. The van der Waals surface area contributed by atoms with Gasteiger partial charge in [-0.25, -0.2) is 0 Å². The lowest BCUT2D eigenvalue weighted by Gasteiger charge is -2.25. The topological polar surface area (TPSA) is 91.0 Å². The van der Waals surface area contributed by atoms with Crippen LogP contribution in [0.2, 0.25) is 0 Å². The number of amides is 1. The molecule has 0 radical (unpaired) electrons. The molecule has 0 spiro atoms. The Morgan fingerprint density at radius 2 is 2.14 bits per heavy atom. The Morgan fingerprint density at radius 3 is 2.95 bits per heavy atom. The zero-order valence-electron chi connectivity index (χ0n) is 12.1. The first-order valence-corrected chi connectivity index (χ1v) is 7.18. The van der Waals surface area contributed by atoms with Gasteiger partial charge < -0.3 is 21.8 Å². The Bertz CT molecular complexity index is 726. The van der Waals surface area contributed by atoms with Crippen molar-refractivity contribution in [3.8, 4) is 0 Å². The van der Waals surface area contributed by atoms with Crippen LogP contribution in [0.15, 0.2) is 42.5 Å². The van der Waals surface area contributed by atoms with Gasteiger partial charge in [0.25, 0.3) is 0 Å². The maximum absolute atomic E-state index is 12.6. The summed E-state index contributed by atoms with van der Waals surface area (Å²) in [5.41, 5.74) is 9.77. The fourth-order valence-corrected chi connectivity index (χ4v) is 2.74. The largest absolute Gasteiger partial charge is 0.398 e. The van der Waals surface area contributed by atoms with Crippen molar-refractivity contribution in [2.75, 3.05) is 17.6 Å². The number of rotatable bonds is 3. The van der Waals surface area contributed by atoms with Crippen LogP contribution in [0.25, 0.3) is 0 Å². The van der Waals surface area contributed by atoms with Gasteiger partial charge in [0.15, 0.2) is 0 Å². The normalized spacial score (nSPS) is 16.6. The van der Waals surface area contributed by atoms with Crippen LogP contribution in [0.4, 0.5) is 11.4 Å². The summed E-state index contributed by atoms with van der Waals surface area (Å²) in [6.45, 7) is 1.41. The van der Waals surface area contributed by atoms with Gasteiger partial charge in [-0.15, -0.1) is 0 Å². The molecule has 5 N–H and O–H groups in total. The minimum Gasteiger partial charge on any atom is -0.398 e. The molecule has 5 nitrogen and oxygen atoms in total. The SMILES string of the molecule is N=Cc1cc(NC(=O)C2CNCc3ccccc32)ccc1N. The summed E-state index contributed by atoms with van der Waals surface area (Å²) < 4.78 is 0. The van der Waals surface area contributed by atoms with Crippen LogP contribution in [0, 0.1) is 5.41 Å². The van der Waals surface area contributed by atoms with Crippen molar-refractivity contribution < 1.29 is 4.79 Å². The predicted molar refractivity (Wildman–Crippen MR) is 88.3 cm³/mol.